The summed E-state index contributed by atoms with van der Waals surface area (Å²) in [5.74, 6) is 0.408. The predicted octanol–water partition coefficient (Wildman–Crippen LogP) is 2.11. The Hall–Kier alpha value is -2.60. The van der Waals surface area contributed by atoms with Gasteiger partial charge in [-0.1, -0.05) is 19.1 Å². The molecule has 11 heteroatoms. The molecule has 0 bridgehead atoms. The lowest BCUT2D eigenvalue weighted by atomic mass is 10.1. The fraction of sp³-hybridized carbons (Fsp3) is 0.417. The average molecular weight is 520 g/mol. The van der Waals surface area contributed by atoms with E-state index in [9.17, 15) is 18.0 Å². The summed E-state index contributed by atoms with van der Waals surface area (Å²) in [6.07, 6.45) is 0. The van der Waals surface area contributed by atoms with Crippen LogP contribution < -0.4 is 15.0 Å². The summed E-state index contributed by atoms with van der Waals surface area (Å²) in [6, 6.07) is 12.1. The lowest BCUT2D eigenvalue weighted by Gasteiger charge is -2.27. The van der Waals surface area contributed by atoms with Crippen molar-refractivity contribution in [3.05, 3.63) is 48.0 Å². The second-order valence-electron chi connectivity index (χ2n) is 8.41. The number of anilines is 1. The molecule has 0 aliphatic carbocycles. The van der Waals surface area contributed by atoms with Gasteiger partial charge in [0.05, 0.1) is 30.9 Å². The van der Waals surface area contributed by atoms with Crippen molar-refractivity contribution < 1.29 is 27.5 Å². The lowest BCUT2D eigenvalue weighted by molar-refractivity contribution is -0.125. The number of nitrogens with zero attached hydrogens (tertiary/aromatic N) is 2. The molecule has 9 nitrogen and oxygen atoms in total. The highest BCUT2D eigenvalue weighted by molar-refractivity contribution is 7.99. The van der Waals surface area contributed by atoms with Crippen LogP contribution in [-0.4, -0.2) is 70.2 Å². The standard InChI is InChI=1S/C24H29N3O6S2/c1-17-16-34-22-8-7-20(35(30,31)26-9-11-33-12-10-26)13-21(22)27(24(17)29)15-23(28)25-14-18-3-5-19(32-2)6-4-18/h3-8,13,17H,9-12,14-16H2,1-2H3,(H,25,28). The molecule has 0 saturated carbocycles. The molecule has 0 spiro atoms. The number of carbonyl (C=O) groups is 2. The minimum atomic E-state index is -3.75. The Kier molecular flexibility index (Phi) is 8.00. The second-order valence-corrected chi connectivity index (χ2v) is 11.4. The smallest absolute Gasteiger partial charge is 0.243 e. The zero-order valence-corrected chi connectivity index (χ0v) is 21.4. The van der Waals surface area contributed by atoms with Crippen LogP contribution in [0.5, 0.6) is 5.75 Å². The number of ether oxygens (including phenoxy) is 2. The van der Waals surface area contributed by atoms with Crippen molar-refractivity contribution in [1.82, 2.24) is 9.62 Å². The molecule has 1 atom stereocenters. The number of morpholine rings is 1. The van der Waals surface area contributed by atoms with Gasteiger partial charge in [-0.3, -0.25) is 9.59 Å². The Morgan fingerprint density at radius 1 is 1.17 bits per heavy atom. The van der Waals surface area contributed by atoms with E-state index in [1.807, 2.05) is 31.2 Å². The van der Waals surface area contributed by atoms with E-state index >= 15 is 0 Å². The number of carbonyl (C=O) groups excluding carboxylic acids is 2. The molecule has 2 aromatic carbocycles. The Morgan fingerprint density at radius 3 is 2.57 bits per heavy atom. The number of thioether (sulfide) groups is 1. The van der Waals surface area contributed by atoms with Crippen molar-refractivity contribution in [2.24, 2.45) is 5.92 Å². The van der Waals surface area contributed by atoms with Gasteiger partial charge < -0.3 is 19.7 Å². The van der Waals surface area contributed by atoms with Gasteiger partial charge >= 0.3 is 0 Å². The highest BCUT2D eigenvalue weighted by Gasteiger charge is 2.32. The van der Waals surface area contributed by atoms with E-state index in [-0.39, 0.29) is 42.3 Å². The van der Waals surface area contributed by atoms with Crippen LogP contribution in [0.1, 0.15) is 12.5 Å². The van der Waals surface area contributed by atoms with Crippen LogP contribution in [0, 0.1) is 5.92 Å². The summed E-state index contributed by atoms with van der Waals surface area (Å²) in [4.78, 5) is 28.3. The SMILES string of the molecule is COc1ccc(CNC(=O)CN2C(=O)C(C)CSc3ccc(S(=O)(=O)N4CCOCC4)cc32)cc1. The van der Waals surface area contributed by atoms with Crippen molar-refractivity contribution in [3.8, 4) is 5.75 Å². The Bertz CT molecular complexity index is 1180. The highest BCUT2D eigenvalue weighted by atomic mass is 32.2. The van der Waals surface area contributed by atoms with Gasteiger partial charge in [0.15, 0.2) is 0 Å². The highest BCUT2D eigenvalue weighted by Crippen LogP contribution is 2.38. The van der Waals surface area contributed by atoms with Gasteiger partial charge in [-0.25, -0.2) is 8.42 Å². The van der Waals surface area contributed by atoms with E-state index in [1.54, 1.807) is 19.2 Å². The maximum atomic E-state index is 13.2. The van der Waals surface area contributed by atoms with Gasteiger partial charge in [-0.05, 0) is 35.9 Å². The van der Waals surface area contributed by atoms with E-state index in [2.05, 4.69) is 5.32 Å². The second kappa shape index (κ2) is 11.0. The van der Waals surface area contributed by atoms with E-state index in [0.29, 0.717) is 31.2 Å². The molecule has 2 aromatic rings. The third kappa shape index (κ3) is 5.80. The third-order valence-electron chi connectivity index (χ3n) is 5.96. The molecule has 0 radical (unpaired) electrons. The fourth-order valence-electron chi connectivity index (χ4n) is 3.90. The fourth-order valence-corrected chi connectivity index (χ4v) is 6.39. The quantitative estimate of drug-likeness (QED) is 0.597. The van der Waals surface area contributed by atoms with E-state index in [0.717, 1.165) is 16.2 Å². The molecule has 0 aromatic heterocycles. The molecular weight excluding hydrogens is 490 g/mol. The normalized spacial score (nSPS) is 19.1. The maximum Gasteiger partial charge on any atom is 0.243 e. The number of hydrogen-bond donors (Lipinski definition) is 1. The summed E-state index contributed by atoms with van der Waals surface area (Å²) in [5.41, 5.74) is 1.34. The zero-order chi connectivity index (χ0) is 25.0. The number of amides is 2. The Morgan fingerprint density at radius 2 is 1.89 bits per heavy atom. The van der Waals surface area contributed by atoms with Crippen LogP contribution in [0.2, 0.25) is 0 Å². The van der Waals surface area contributed by atoms with Crippen molar-refractivity contribution in [1.29, 1.82) is 0 Å². The van der Waals surface area contributed by atoms with Crippen LogP contribution in [0.15, 0.2) is 52.3 Å². The van der Waals surface area contributed by atoms with Gasteiger partial charge in [-0.15, -0.1) is 11.8 Å². The molecule has 1 N–H and O–H groups in total. The van der Waals surface area contributed by atoms with Gasteiger partial charge in [-0.2, -0.15) is 4.31 Å². The molecule has 35 heavy (non-hydrogen) atoms. The summed E-state index contributed by atoms with van der Waals surface area (Å²) in [6.45, 7) is 3.16. The molecular formula is C24H29N3O6S2. The summed E-state index contributed by atoms with van der Waals surface area (Å²) in [7, 11) is -2.16. The molecule has 1 unspecified atom stereocenters. The first-order valence-corrected chi connectivity index (χ1v) is 13.8. The molecule has 1 saturated heterocycles. The first kappa shape index (κ1) is 25.5. The van der Waals surface area contributed by atoms with Gasteiger partial charge in [0.2, 0.25) is 21.8 Å². The largest absolute Gasteiger partial charge is 0.497 e. The first-order chi connectivity index (χ1) is 16.8. The molecule has 2 heterocycles. The maximum absolute atomic E-state index is 13.2. The number of sulfonamides is 1. The van der Waals surface area contributed by atoms with Crippen LogP contribution in [-0.2, 0) is 30.9 Å². The minimum Gasteiger partial charge on any atom is -0.497 e. The number of benzene rings is 2. The van der Waals surface area contributed by atoms with Crippen molar-refractivity contribution in [2.45, 2.75) is 23.3 Å². The van der Waals surface area contributed by atoms with Crippen LogP contribution >= 0.6 is 11.8 Å². The Balaban J connectivity index is 1.55. The monoisotopic (exact) mass is 519 g/mol. The molecule has 2 amide bonds. The molecule has 4 rings (SSSR count). The van der Waals surface area contributed by atoms with E-state index in [4.69, 9.17) is 9.47 Å². The van der Waals surface area contributed by atoms with Gasteiger partial charge in [0, 0.05) is 36.2 Å². The van der Waals surface area contributed by atoms with Crippen molar-refractivity contribution >= 4 is 39.3 Å². The number of methoxy groups -OCH3 is 1. The molecule has 1 fully saturated rings. The third-order valence-corrected chi connectivity index (χ3v) is 9.17. The molecule has 2 aliphatic heterocycles. The zero-order valence-electron chi connectivity index (χ0n) is 19.7. The van der Waals surface area contributed by atoms with Crippen molar-refractivity contribution in [3.63, 3.8) is 0 Å². The predicted molar refractivity (Wildman–Crippen MR) is 133 cm³/mol. The van der Waals surface area contributed by atoms with Gasteiger partial charge in [0.1, 0.15) is 12.3 Å². The molecule has 188 valence electrons. The minimum absolute atomic E-state index is 0.102. The number of fused-ring (bicyclic) bond motifs is 1. The van der Waals surface area contributed by atoms with Crippen LogP contribution in [0.4, 0.5) is 5.69 Å². The Labute approximate surface area is 209 Å². The van der Waals surface area contributed by atoms with Gasteiger partial charge in [0.25, 0.3) is 0 Å². The van der Waals surface area contributed by atoms with E-state index in [1.165, 1.54) is 27.0 Å². The summed E-state index contributed by atoms with van der Waals surface area (Å²) >= 11 is 1.49. The number of nitrogens with one attached hydrogen (secondary N) is 1. The van der Waals surface area contributed by atoms with Crippen molar-refractivity contribution in [2.75, 3.05) is 50.6 Å². The topological polar surface area (TPSA) is 105 Å². The number of hydrogen-bond acceptors (Lipinski definition) is 7. The van der Waals surface area contributed by atoms with E-state index < -0.39 is 10.0 Å². The van der Waals surface area contributed by atoms with Crippen LogP contribution in [0.3, 0.4) is 0 Å². The van der Waals surface area contributed by atoms with Crippen LogP contribution in [0.25, 0.3) is 0 Å². The molecule has 2 aliphatic rings. The summed E-state index contributed by atoms with van der Waals surface area (Å²) < 4.78 is 38.2. The first-order valence-electron chi connectivity index (χ1n) is 11.4. The number of rotatable bonds is 7. The summed E-state index contributed by atoms with van der Waals surface area (Å²) in [5, 5.41) is 2.85. The average Bonchev–Trinajstić information content (AvgIpc) is 3.00. The lowest BCUT2D eigenvalue weighted by Crippen LogP contribution is -2.43.